The SMILES string of the molecule is O.O.O.O.O.O.O.O=C([O-])[O-].[Ca+2]. The summed E-state index contributed by atoms with van der Waals surface area (Å²) >= 11 is 0. The molecular formula is CH14CaO10. The monoisotopic (exact) mass is 226 g/mol. The molecule has 0 aliphatic carbocycles. The van der Waals surface area contributed by atoms with E-state index in [2.05, 4.69) is 0 Å². The van der Waals surface area contributed by atoms with E-state index >= 15 is 0 Å². The van der Waals surface area contributed by atoms with Crippen molar-refractivity contribution in [1.82, 2.24) is 0 Å². The molecule has 0 saturated carbocycles. The Morgan fingerprint density at radius 2 is 0.667 bits per heavy atom. The molecule has 0 unspecified atom stereocenters. The van der Waals surface area contributed by atoms with E-state index in [-0.39, 0.29) is 76.1 Å². The molecule has 0 bridgehead atoms. The normalized spacial score (nSPS) is 2.00. The Hall–Kier alpha value is 0.250. The summed E-state index contributed by atoms with van der Waals surface area (Å²) in [6.45, 7) is 0. The van der Waals surface area contributed by atoms with Gasteiger partial charge in [-0.05, 0) is 6.16 Å². The van der Waals surface area contributed by atoms with Crippen molar-refractivity contribution >= 4 is 43.9 Å². The maximum atomic E-state index is 8.33. The summed E-state index contributed by atoms with van der Waals surface area (Å²) in [4.78, 5) is 8.33. The molecule has 0 rings (SSSR count). The molecule has 0 aromatic rings. The van der Waals surface area contributed by atoms with Crippen LogP contribution in [0.25, 0.3) is 0 Å². The second-order valence-electron chi connectivity index (χ2n) is 0.250. The molecule has 11 heteroatoms. The van der Waals surface area contributed by atoms with E-state index in [1.807, 2.05) is 0 Å². The van der Waals surface area contributed by atoms with Gasteiger partial charge in [-0.3, -0.25) is 0 Å². The fraction of sp³-hybridized carbons (Fsp3) is 0. The van der Waals surface area contributed by atoms with Gasteiger partial charge >= 0.3 is 37.7 Å². The Morgan fingerprint density at radius 1 is 0.667 bits per heavy atom. The molecule has 0 aromatic carbocycles. The van der Waals surface area contributed by atoms with Crippen LogP contribution in [0.4, 0.5) is 4.79 Å². The van der Waals surface area contributed by atoms with E-state index < -0.39 is 6.16 Å². The Balaban J connectivity index is -0.00000000161. The number of carboxylic acid groups (broad SMARTS) is 2. The topological polar surface area (TPSA) is 284 Å². The summed E-state index contributed by atoms with van der Waals surface area (Å²) in [6.07, 6.45) is -2.33. The fourth-order valence-electron chi connectivity index (χ4n) is 0. The standard InChI is InChI=1S/CH2O3.Ca.7H2O/c2-1(3)4;;;;;;;;/h(H2,2,3,4);;7*1H2/q;+2;;;;;;;/p-2. The van der Waals surface area contributed by atoms with Crippen molar-refractivity contribution in [1.29, 1.82) is 0 Å². The average molecular weight is 226 g/mol. The van der Waals surface area contributed by atoms with Gasteiger partial charge in [-0.25, -0.2) is 0 Å². The Bertz CT molecular complexity index is 32.8. The van der Waals surface area contributed by atoms with E-state index in [1.165, 1.54) is 0 Å². The summed E-state index contributed by atoms with van der Waals surface area (Å²) in [7, 11) is 0. The number of hydrogen-bond donors (Lipinski definition) is 0. The number of carbonyl (C=O) groups is 1. The minimum absolute atomic E-state index is 0. The van der Waals surface area contributed by atoms with Gasteiger partial charge in [-0.2, -0.15) is 0 Å². The zero-order chi connectivity index (χ0) is 3.58. The van der Waals surface area contributed by atoms with Crippen LogP contribution in [0.15, 0.2) is 0 Å². The molecule has 0 aliphatic rings. The molecule has 0 aromatic heterocycles. The van der Waals surface area contributed by atoms with Gasteiger partial charge < -0.3 is 53.3 Å². The van der Waals surface area contributed by atoms with Crippen molar-refractivity contribution in [2.75, 3.05) is 0 Å². The average Bonchev–Trinajstić information content (AvgIpc) is 0.811. The zero-order valence-electron chi connectivity index (χ0n) is 5.93. The van der Waals surface area contributed by atoms with Gasteiger partial charge in [0, 0.05) is 0 Å². The van der Waals surface area contributed by atoms with Crippen LogP contribution in [0.1, 0.15) is 0 Å². The van der Waals surface area contributed by atoms with Crippen LogP contribution in [-0.2, 0) is 0 Å². The molecule has 0 atom stereocenters. The molecular weight excluding hydrogens is 212 g/mol. The van der Waals surface area contributed by atoms with Crippen LogP contribution in [0, 0.1) is 0 Å². The maximum Gasteiger partial charge on any atom is 2.00 e. The molecule has 12 heavy (non-hydrogen) atoms. The van der Waals surface area contributed by atoms with Crippen molar-refractivity contribution in [2.24, 2.45) is 0 Å². The molecule has 0 heterocycles. The van der Waals surface area contributed by atoms with Crippen LogP contribution in [0.2, 0.25) is 0 Å². The zero-order valence-corrected chi connectivity index (χ0v) is 8.14. The second kappa shape index (κ2) is 112. The first-order chi connectivity index (χ1) is 1.73. The Labute approximate surface area is 97.0 Å². The van der Waals surface area contributed by atoms with Crippen LogP contribution in [-0.4, -0.2) is 82.2 Å². The predicted octanol–water partition coefficient (Wildman–Crippen LogP) is -8.60. The van der Waals surface area contributed by atoms with Crippen molar-refractivity contribution in [3.05, 3.63) is 0 Å². The first-order valence-corrected chi connectivity index (χ1v) is 0.612. The minimum Gasteiger partial charge on any atom is -0.652 e. The third-order valence-corrected chi connectivity index (χ3v) is 0. The molecule has 0 saturated heterocycles. The van der Waals surface area contributed by atoms with E-state index in [4.69, 9.17) is 15.0 Å². The largest absolute Gasteiger partial charge is 2.00 e. The van der Waals surface area contributed by atoms with Crippen molar-refractivity contribution < 1.29 is 53.3 Å². The van der Waals surface area contributed by atoms with Gasteiger partial charge in [0.25, 0.3) is 0 Å². The minimum atomic E-state index is -2.33. The summed E-state index contributed by atoms with van der Waals surface area (Å²) in [5.74, 6) is 0. The van der Waals surface area contributed by atoms with Crippen LogP contribution < -0.4 is 10.2 Å². The van der Waals surface area contributed by atoms with Gasteiger partial charge in [0.2, 0.25) is 0 Å². The number of rotatable bonds is 0. The van der Waals surface area contributed by atoms with Crippen molar-refractivity contribution in [3.63, 3.8) is 0 Å². The van der Waals surface area contributed by atoms with Gasteiger partial charge in [0.15, 0.2) is 0 Å². The van der Waals surface area contributed by atoms with E-state index in [9.17, 15) is 0 Å². The van der Waals surface area contributed by atoms with E-state index in [0.717, 1.165) is 0 Å². The van der Waals surface area contributed by atoms with Gasteiger partial charge in [-0.15, -0.1) is 0 Å². The third-order valence-electron chi connectivity index (χ3n) is 0. The first-order valence-electron chi connectivity index (χ1n) is 0.612. The molecule has 0 fully saturated rings. The number of hydrogen-bond acceptors (Lipinski definition) is 3. The first kappa shape index (κ1) is 147. The molecule has 0 amide bonds. The maximum absolute atomic E-state index is 8.33. The third kappa shape index (κ3) is 14100. The smallest absolute Gasteiger partial charge is 0.652 e. The molecule has 10 nitrogen and oxygen atoms in total. The summed E-state index contributed by atoms with van der Waals surface area (Å²) < 4.78 is 0. The number of carbonyl (C=O) groups excluding carboxylic acids is 1. The summed E-state index contributed by atoms with van der Waals surface area (Å²) in [5.41, 5.74) is 0. The van der Waals surface area contributed by atoms with Gasteiger partial charge in [0.1, 0.15) is 0 Å². The fourth-order valence-corrected chi connectivity index (χ4v) is 0. The van der Waals surface area contributed by atoms with E-state index in [0.29, 0.717) is 0 Å². The quantitative estimate of drug-likeness (QED) is 0.363. The summed E-state index contributed by atoms with van der Waals surface area (Å²) in [6, 6.07) is 0. The van der Waals surface area contributed by atoms with Gasteiger partial charge in [-0.1, -0.05) is 0 Å². The summed E-state index contributed by atoms with van der Waals surface area (Å²) in [5, 5.41) is 16.7. The van der Waals surface area contributed by atoms with Crippen molar-refractivity contribution in [2.45, 2.75) is 0 Å². The molecule has 80 valence electrons. The van der Waals surface area contributed by atoms with E-state index in [1.54, 1.807) is 0 Å². The predicted molar refractivity (Wildman–Crippen MR) is 36.4 cm³/mol. The Morgan fingerprint density at radius 3 is 0.667 bits per heavy atom. The molecule has 14 N–H and O–H groups in total. The van der Waals surface area contributed by atoms with Crippen molar-refractivity contribution in [3.8, 4) is 0 Å². The molecule has 0 aliphatic heterocycles. The molecule has 0 spiro atoms. The van der Waals surface area contributed by atoms with Gasteiger partial charge in [0.05, 0.1) is 0 Å². The Kier molecular flexibility index (Phi) is 1370. The van der Waals surface area contributed by atoms with Crippen LogP contribution in [0.5, 0.6) is 0 Å². The van der Waals surface area contributed by atoms with Crippen LogP contribution >= 0.6 is 0 Å². The second-order valence-corrected chi connectivity index (χ2v) is 0.250. The van der Waals surface area contributed by atoms with Crippen LogP contribution in [0.3, 0.4) is 0 Å². The molecule has 0 radical (unpaired) electrons.